The van der Waals surface area contributed by atoms with Gasteiger partial charge in [0.2, 0.25) is 0 Å². The molecule has 2 heterocycles. The lowest BCUT2D eigenvalue weighted by Gasteiger charge is -2.14. The Labute approximate surface area is 140 Å². The van der Waals surface area contributed by atoms with E-state index in [1.807, 2.05) is 42.5 Å². The second kappa shape index (κ2) is 6.09. The molecule has 1 aromatic carbocycles. The molecule has 104 valence electrons. The number of thiocarbonyl (C=S) groups is 1. The van der Waals surface area contributed by atoms with Crippen molar-refractivity contribution in [3.05, 3.63) is 63.7 Å². The number of rotatable bonds is 2. The highest BCUT2D eigenvalue weighted by atomic mass is 79.9. The summed E-state index contributed by atoms with van der Waals surface area (Å²) in [5.74, 6) is -0.101. The van der Waals surface area contributed by atoms with Gasteiger partial charge >= 0.3 is 0 Å². The van der Waals surface area contributed by atoms with Gasteiger partial charge in [-0.1, -0.05) is 46.0 Å². The second-order valence-electron chi connectivity index (χ2n) is 4.28. The fourth-order valence-corrected chi connectivity index (χ4v) is 3.46. The molecular formula is C15H9BrN2OS2. The van der Waals surface area contributed by atoms with E-state index < -0.39 is 0 Å². The van der Waals surface area contributed by atoms with Gasteiger partial charge in [-0.05, 0) is 42.0 Å². The highest BCUT2D eigenvalue weighted by molar-refractivity contribution is 9.10. The molecule has 0 saturated carbocycles. The number of carbonyl (C=O) groups excluding carboxylic acids is 1. The van der Waals surface area contributed by atoms with Gasteiger partial charge in [0.15, 0.2) is 4.32 Å². The Morgan fingerprint density at radius 2 is 2.00 bits per heavy atom. The smallest absolute Gasteiger partial charge is 0.268 e. The van der Waals surface area contributed by atoms with E-state index in [-0.39, 0.29) is 5.91 Å². The summed E-state index contributed by atoms with van der Waals surface area (Å²) >= 11 is 10.0. The zero-order valence-electron chi connectivity index (χ0n) is 10.7. The van der Waals surface area contributed by atoms with Crippen molar-refractivity contribution < 1.29 is 4.79 Å². The lowest BCUT2D eigenvalue weighted by atomic mass is 10.2. The molecule has 0 unspecified atom stereocenters. The number of nitrogens with zero attached hydrogens (tertiary/aromatic N) is 2. The molecule has 1 aliphatic rings. The molecule has 2 aromatic rings. The van der Waals surface area contributed by atoms with Crippen LogP contribution in [0.15, 0.2) is 58.2 Å². The Hall–Kier alpha value is -1.50. The van der Waals surface area contributed by atoms with E-state index in [0.717, 1.165) is 15.7 Å². The van der Waals surface area contributed by atoms with Crippen molar-refractivity contribution in [3.8, 4) is 0 Å². The van der Waals surface area contributed by atoms with Crippen molar-refractivity contribution in [2.45, 2.75) is 0 Å². The van der Waals surface area contributed by atoms with Crippen molar-refractivity contribution in [1.29, 1.82) is 0 Å². The third kappa shape index (κ3) is 3.07. The van der Waals surface area contributed by atoms with E-state index >= 15 is 0 Å². The lowest BCUT2D eigenvalue weighted by molar-refractivity contribution is -0.113. The molecule has 0 atom stereocenters. The largest absolute Gasteiger partial charge is 0.270 e. The lowest BCUT2D eigenvalue weighted by Crippen LogP contribution is -2.27. The summed E-state index contributed by atoms with van der Waals surface area (Å²) in [7, 11) is 0. The first-order valence-corrected chi connectivity index (χ1v) is 8.10. The van der Waals surface area contributed by atoms with Crippen LogP contribution < -0.4 is 4.90 Å². The van der Waals surface area contributed by atoms with Crippen LogP contribution in [0.3, 0.4) is 0 Å². The molecule has 0 radical (unpaired) electrons. The van der Waals surface area contributed by atoms with Crippen LogP contribution in [0.1, 0.15) is 5.56 Å². The van der Waals surface area contributed by atoms with Crippen molar-refractivity contribution in [2.24, 2.45) is 0 Å². The minimum absolute atomic E-state index is 0.101. The average molecular weight is 377 g/mol. The SMILES string of the molecule is O=C1C(=Cc2cccnc2)SC(=S)N1c1ccc(Br)cc1. The summed E-state index contributed by atoms with van der Waals surface area (Å²) in [6, 6.07) is 11.2. The van der Waals surface area contributed by atoms with Crippen molar-refractivity contribution in [3.63, 3.8) is 0 Å². The molecule has 0 spiro atoms. The molecule has 6 heteroatoms. The van der Waals surface area contributed by atoms with Gasteiger partial charge in [-0.3, -0.25) is 14.7 Å². The molecular weight excluding hydrogens is 368 g/mol. The van der Waals surface area contributed by atoms with Crippen LogP contribution in [0.2, 0.25) is 0 Å². The monoisotopic (exact) mass is 376 g/mol. The van der Waals surface area contributed by atoms with Crippen molar-refractivity contribution >= 4 is 61.9 Å². The maximum absolute atomic E-state index is 12.5. The van der Waals surface area contributed by atoms with E-state index in [2.05, 4.69) is 20.9 Å². The van der Waals surface area contributed by atoms with Crippen LogP contribution in [-0.4, -0.2) is 15.2 Å². The van der Waals surface area contributed by atoms with Gasteiger partial charge in [-0.25, -0.2) is 0 Å². The minimum Gasteiger partial charge on any atom is -0.268 e. The number of halogens is 1. The first kappa shape index (κ1) is 14.4. The van der Waals surface area contributed by atoms with Crippen LogP contribution in [-0.2, 0) is 4.79 Å². The normalized spacial score (nSPS) is 16.8. The van der Waals surface area contributed by atoms with Crippen molar-refractivity contribution in [2.75, 3.05) is 4.90 Å². The highest BCUT2D eigenvalue weighted by Crippen LogP contribution is 2.36. The average Bonchev–Trinajstić information content (AvgIpc) is 2.76. The minimum atomic E-state index is -0.101. The molecule has 1 aliphatic heterocycles. The zero-order chi connectivity index (χ0) is 14.8. The van der Waals surface area contributed by atoms with Crippen LogP contribution in [0.25, 0.3) is 6.08 Å². The van der Waals surface area contributed by atoms with E-state index in [9.17, 15) is 4.79 Å². The quantitative estimate of drug-likeness (QED) is 0.579. The molecule has 3 rings (SSSR count). The third-order valence-corrected chi connectivity index (χ3v) is 4.69. The maximum Gasteiger partial charge on any atom is 0.270 e. The fourth-order valence-electron chi connectivity index (χ4n) is 1.89. The van der Waals surface area contributed by atoms with Crippen molar-refractivity contribution in [1.82, 2.24) is 4.98 Å². The van der Waals surface area contributed by atoms with Gasteiger partial charge in [-0.15, -0.1) is 0 Å². The Morgan fingerprint density at radius 1 is 1.24 bits per heavy atom. The number of hydrogen-bond donors (Lipinski definition) is 0. The molecule has 3 nitrogen and oxygen atoms in total. The Bertz CT molecular complexity index is 729. The van der Waals surface area contributed by atoms with E-state index in [1.165, 1.54) is 11.8 Å². The molecule has 1 fully saturated rings. The molecule has 0 bridgehead atoms. The third-order valence-electron chi connectivity index (χ3n) is 2.86. The standard InChI is InChI=1S/C15H9BrN2OS2/c16-11-3-5-12(6-4-11)18-14(19)13(21-15(18)20)8-10-2-1-7-17-9-10/h1-9H. The number of pyridine rings is 1. The van der Waals surface area contributed by atoms with Crippen LogP contribution in [0.5, 0.6) is 0 Å². The Balaban J connectivity index is 1.92. The fraction of sp³-hybridized carbons (Fsp3) is 0. The number of anilines is 1. The van der Waals surface area contributed by atoms with Gasteiger partial charge in [0.1, 0.15) is 0 Å². The van der Waals surface area contributed by atoms with Gasteiger partial charge in [0.25, 0.3) is 5.91 Å². The molecule has 1 saturated heterocycles. The Morgan fingerprint density at radius 3 is 2.67 bits per heavy atom. The first-order valence-electron chi connectivity index (χ1n) is 6.09. The van der Waals surface area contributed by atoms with Crippen LogP contribution in [0.4, 0.5) is 5.69 Å². The predicted molar refractivity (Wildman–Crippen MR) is 94.0 cm³/mol. The summed E-state index contributed by atoms with van der Waals surface area (Å²) in [5, 5.41) is 0. The van der Waals surface area contributed by atoms with E-state index in [4.69, 9.17) is 12.2 Å². The van der Waals surface area contributed by atoms with E-state index in [0.29, 0.717) is 9.23 Å². The van der Waals surface area contributed by atoms with Crippen LogP contribution >= 0.6 is 39.9 Å². The Kier molecular flexibility index (Phi) is 4.19. The number of benzene rings is 1. The molecule has 0 N–H and O–H groups in total. The second-order valence-corrected chi connectivity index (χ2v) is 6.87. The highest BCUT2D eigenvalue weighted by Gasteiger charge is 2.33. The summed E-state index contributed by atoms with van der Waals surface area (Å²) in [5.41, 5.74) is 1.66. The molecule has 1 amide bonds. The first-order chi connectivity index (χ1) is 10.1. The van der Waals surface area contributed by atoms with Crippen LogP contribution in [0, 0.1) is 0 Å². The number of hydrogen-bond acceptors (Lipinski definition) is 4. The molecule has 0 aliphatic carbocycles. The summed E-state index contributed by atoms with van der Waals surface area (Å²) in [6.45, 7) is 0. The summed E-state index contributed by atoms with van der Waals surface area (Å²) < 4.78 is 1.50. The topological polar surface area (TPSA) is 33.2 Å². The van der Waals surface area contributed by atoms with Gasteiger partial charge in [0.05, 0.1) is 10.6 Å². The summed E-state index contributed by atoms with van der Waals surface area (Å²) in [4.78, 5) is 18.7. The summed E-state index contributed by atoms with van der Waals surface area (Å²) in [6.07, 6.45) is 5.22. The number of aromatic nitrogens is 1. The number of carbonyl (C=O) groups is 1. The van der Waals surface area contributed by atoms with Gasteiger partial charge in [-0.2, -0.15) is 0 Å². The molecule has 1 aromatic heterocycles. The maximum atomic E-state index is 12.5. The predicted octanol–water partition coefficient (Wildman–Crippen LogP) is 4.25. The van der Waals surface area contributed by atoms with Gasteiger partial charge < -0.3 is 0 Å². The van der Waals surface area contributed by atoms with Gasteiger partial charge in [0, 0.05) is 16.9 Å². The number of amides is 1. The molecule has 21 heavy (non-hydrogen) atoms. The van der Waals surface area contributed by atoms with E-state index in [1.54, 1.807) is 17.3 Å². The number of thioether (sulfide) groups is 1. The zero-order valence-corrected chi connectivity index (χ0v) is 13.9.